The third-order valence-corrected chi connectivity index (χ3v) is 3.83. The fraction of sp³-hybridized carbons (Fsp3) is 0.286. The van der Waals surface area contributed by atoms with Crippen molar-refractivity contribution in [3.63, 3.8) is 0 Å². The Hall–Kier alpha value is -1.62. The number of benzene rings is 1. The molecule has 0 aliphatic heterocycles. The molecule has 1 amide bonds. The molecule has 0 bridgehead atoms. The number of H-pyrrole nitrogens is 1. The maximum atomic E-state index is 12.2. The molecule has 5 heteroatoms. The van der Waals surface area contributed by atoms with Crippen molar-refractivity contribution < 1.29 is 4.79 Å². The van der Waals surface area contributed by atoms with E-state index >= 15 is 0 Å². The average Bonchev–Trinajstić information content (AvgIpc) is 2.81. The van der Waals surface area contributed by atoms with Crippen LogP contribution in [-0.4, -0.2) is 16.1 Å². The molecule has 1 aromatic carbocycles. The summed E-state index contributed by atoms with van der Waals surface area (Å²) in [6.45, 7) is 6.04. The van der Waals surface area contributed by atoms with Gasteiger partial charge >= 0.3 is 0 Å². The number of rotatable bonds is 3. The maximum Gasteiger partial charge on any atom is 0.257 e. The number of carbonyl (C=O) groups is 1. The van der Waals surface area contributed by atoms with Crippen LogP contribution >= 0.6 is 15.9 Å². The summed E-state index contributed by atoms with van der Waals surface area (Å²) in [5.74, 6) is 0.749. The predicted molar refractivity (Wildman–Crippen MR) is 79.5 cm³/mol. The number of halogens is 1. The molecule has 0 radical (unpaired) electrons. The molecule has 4 nitrogen and oxygen atoms in total. The Kier molecular flexibility index (Phi) is 4.04. The van der Waals surface area contributed by atoms with Crippen molar-refractivity contribution in [3.05, 3.63) is 45.6 Å². The quantitative estimate of drug-likeness (QED) is 0.901. The molecule has 100 valence electrons. The first-order chi connectivity index (χ1) is 8.99. The van der Waals surface area contributed by atoms with Crippen molar-refractivity contribution in [2.75, 3.05) is 5.32 Å². The second-order valence-corrected chi connectivity index (χ2v) is 5.58. The number of aromatic nitrogens is 2. The van der Waals surface area contributed by atoms with E-state index in [9.17, 15) is 4.79 Å². The topological polar surface area (TPSA) is 57.8 Å². The van der Waals surface area contributed by atoms with Crippen LogP contribution < -0.4 is 5.32 Å². The Morgan fingerprint density at radius 3 is 2.79 bits per heavy atom. The lowest BCUT2D eigenvalue weighted by atomic mass is 10.1. The Bertz CT molecular complexity index is 604. The molecular weight excluding hydrogens is 306 g/mol. The smallest absolute Gasteiger partial charge is 0.257 e. The van der Waals surface area contributed by atoms with Gasteiger partial charge in [0.1, 0.15) is 0 Å². The molecule has 0 spiro atoms. The van der Waals surface area contributed by atoms with E-state index < -0.39 is 0 Å². The molecule has 0 unspecified atom stereocenters. The zero-order valence-corrected chi connectivity index (χ0v) is 12.7. The second-order valence-electron chi connectivity index (χ2n) is 4.73. The number of amides is 1. The summed E-state index contributed by atoms with van der Waals surface area (Å²) < 4.78 is 0.921. The van der Waals surface area contributed by atoms with Gasteiger partial charge in [0.05, 0.1) is 0 Å². The number of nitrogens with one attached hydrogen (secondary N) is 2. The van der Waals surface area contributed by atoms with Gasteiger partial charge < -0.3 is 5.32 Å². The van der Waals surface area contributed by atoms with Crippen LogP contribution in [0.3, 0.4) is 0 Å². The average molecular weight is 322 g/mol. The molecule has 0 saturated carbocycles. The second kappa shape index (κ2) is 5.57. The summed E-state index contributed by atoms with van der Waals surface area (Å²) in [6.07, 6.45) is 0. The Morgan fingerprint density at radius 2 is 2.16 bits per heavy atom. The summed E-state index contributed by atoms with van der Waals surface area (Å²) >= 11 is 3.42. The van der Waals surface area contributed by atoms with Gasteiger partial charge in [0, 0.05) is 21.8 Å². The lowest BCUT2D eigenvalue weighted by Gasteiger charge is -2.06. The van der Waals surface area contributed by atoms with Crippen molar-refractivity contribution >= 4 is 27.7 Å². The van der Waals surface area contributed by atoms with Crippen LogP contribution in [0.15, 0.2) is 28.7 Å². The Morgan fingerprint density at radius 1 is 1.42 bits per heavy atom. The van der Waals surface area contributed by atoms with Gasteiger partial charge in [0.2, 0.25) is 0 Å². The first-order valence-electron chi connectivity index (χ1n) is 6.11. The van der Waals surface area contributed by atoms with Crippen LogP contribution in [0.25, 0.3) is 0 Å². The number of hydrogen-bond donors (Lipinski definition) is 2. The van der Waals surface area contributed by atoms with Gasteiger partial charge in [-0.3, -0.25) is 9.89 Å². The van der Waals surface area contributed by atoms with E-state index in [1.165, 1.54) is 0 Å². The molecule has 0 atom stereocenters. The van der Waals surface area contributed by atoms with Crippen molar-refractivity contribution in [2.45, 2.75) is 26.7 Å². The molecule has 2 rings (SSSR count). The van der Waals surface area contributed by atoms with Crippen LogP contribution in [0.4, 0.5) is 5.82 Å². The largest absolute Gasteiger partial charge is 0.305 e. The highest BCUT2D eigenvalue weighted by molar-refractivity contribution is 9.10. The van der Waals surface area contributed by atoms with Gasteiger partial charge in [-0.1, -0.05) is 35.8 Å². The zero-order chi connectivity index (χ0) is 14.0. The highest BCUT2D eigenvalue weighted by atomic mass is 79.9. The van der Waals surface area contributed by atoms with Gasteiger partial charge in [0.25, 0.3) is 5.91 Å². The Balaban J connectivity index is 2.18. The molecule has 0 aliphatic carbocycles. The number of hydrogen-bond acceptors (Lipinski definition) is 2. The van der Waals surface area contributed by atoms with Crippen molar-refractivity contribution in [3.8, 4) is 0 Å². The highest BCUT2D eigenvalue weighted by Crippen LogP contribution is 2.21. The van der Waals surface area contributed by atoms with E-state index in [0.29, 0.717) is 17.3 Å². The first kappa shape index (κ1) is 13.8. The minimum absolute atomic E-state index is 0.152. The van der Waals surface area contributed by atoms with Gasteiger partial charge in [0.15, 0.2) is 5.82 Å². The molecule has 2 aromatic rings. The molecule has 1 aromatic heterocycles. The number of nitrogens with zero attached hydrogens (tertiary/aromatic N) is 1. The van der Waals surface area contributed by atoms with Crippen molar-refractivity contribution in [2.24, 2.45) is 0 Å². The van der Waals surface area contributed by atoms with Gasteiger partial charge in [-0.05, 0) is 30.5 Å². The molecule has 0 fully saturated rings. The van der Waals surface area contributed by atoms with Crippen LogP contribution in [0.2, 0.25) is 0 Å². The minimum Gasteiger partial charge on any atom is -0.305 e. The number of aromatic amines is 1. The van der Waals surface area contributed by atoms with E-state index in [1.807, 2.05) is 25.1 Å². The van der Waals surface area contributed by atoms with Gasteiger partial charge in [-0.25, -0.2) is 0 Å². The highest BCUT2D eigenvalue weighted by Gasteiger charge is 2.13. The van der Waals surface area contributed by atoms with Crippen LogP contribution in [0, 0.1) is 6.92 Å². The molecule has 0 aliphatic rings. The normalized spacial score (nSPS) is 10.8. The van der Waals surface area contributed by atoms with Crippen LogP contribution in [0.5, 0.6) is 0 Å². The molecule has 2 N–H and O–H groups in total. The Labute approximate surface area is 120 Å². The maximum absolute atomic E-state index is 12.2. The number of anilines is 1. The summed E-state index contributed by atoms with van der Waals surface area (Å²) in [7, 11) is 0. The van der Waals surface area contributed by atoms with Gasteiger partial charge in [-0.2, -0.15) is 5.10 Å². The van der Waals surface area contributed by atoms with E-state index in [4.69, 9.17) is 0 Å². The predicted octanol–water partition coefficient (Wildman–Crippen LogP) is 3.86. The fourth-order valence-corrected chi connectivity index (χ4v) is 2.10. The lowest BCUT2D eigenvalue weighted by molar-refractivity contribution is 0.102. The standard InChI is InChI=1S/C14H16BrN3O/c1-8(2)12-7-13(18-17-12)16-14(19)10-5-4-6-11(15)9(10)3/h4-8H,1-3H3,(H2,16,17,18,19). The van der Waals surface area contributed by atoms with E-state index in [2.05, 4.69) is 45.3 Å². The van der Waals surface area contributed by atoms with E-state index in [-0.39, 0.29) is 5.91 Å². The minimum atomic E-state index is -0.152. The third kappa shape index (κ3) is 3.04. The van der Waals surface area contributed by atoms with Gasteiger partial charge in [-0.15, -0.1) is 0 Å². The van der Waals surface area contributed by atoms with Crippen molar-refractivity contribution in [1.29, 1.82) is 0 Å². The summed E-state index contributed by atoms with van der Waals surface area (Å²) in [5.41, 5.74) is 2.56. The molecular formula is C14H16BrN3O. The fourth-order valence-electron chi connectivity index (χ4n) is 1.73. The van der Waals surface area contributed by atoms with E-state index in [1.54, 1.807) is 6.07 Å². The third-order valence-electron chi connectivity index (χ3n) is 2.97. The van der Waals surface area contributed by atoms with Crippen LogP contribution in [-0.2, 0) is 0 Å². The zero-order valence-electron chi connectivity index (χ0n) is 11.1. The lowest BCUT2D eigenvalue weighted by Crippen LogP contribution is -2.13. The summed E-state index contributed by atoms with van der Waals surface area (Å²) in [5, 5.41) is 9.80. The SMILES string of the molecule is Cc1c(Br)cccc1C(=O)Nc1cc(C(C)C)[nH]n1. The summed E-state index contributed by atoms with van der Waals surface area (Å²) in [6, 6.07) is 7.41. The molecule has 0 saturated heterocycles. The molecule has 1 heterocycles. The molecule has 19 heavy (non-hydrogen) atoms. The van der Waals surface area contributed by atoms with E-state index in [0.717, 1.165) is 15.7 Å². The summed E-state index contributed by atoms with van der Waals surface area (Å²) in [4.78, 5) is 12.2. The first-order valence-corrected chi connectivity index (χ1v) is 6.90. The van der Waals surface area contributed by atoms with Crippen molar-refractivity contribution in [1.82, 2.24) is 10.2 Å². The van der Waals surface area contributed by atoms with Crippen LogP contribution in [0.1, 0.15) is 41.4 Å². The monoisotopic (exact) mass is 321 g/mol. The number of carbonyl (C=O) groups excluding carboxylic acids is 1.